The summed E-state index contributed by atoms with van der Waals surface area (Å²) in [5.41, 5.74) is 0. The highest BCUT2D eigenvalue weighted by Gasteiger charge is 2.15. The maximum Gasteiger partial charge on any atom is 0.151 e. The number of ketones is 2. The van der Waals surface area contributed by atoms with Crippen molar-refractivity contribution in [1.82, 2.24) is 10.6 Å². The van der Waals surface area contributed by atoms with E-state index >= 15 is 0 Å². The SMILES string of the molecule is CN[C@@H](CS)C(=O)CCNC(CS)C(C)=O. The molecule has 0 spiro atoms. The van der Waals surface area contributed by atoms with Crippen molar-refractivity contribution in [3.8, 4) is 0 Å². The zero-order valence-electron chi connectivity index (χ0n) is 9.69. The summed E-state index contributed by atoms with van der Waals surface area (Å²) in [6, 6.07) is -0.475. The predicted molar refractivity (Wildman–Crippen MR) is 72.6 cm³/mol. The molecular formula is C10H20N2O2S2. The molecule has 2 N–H and O–H groups in total. The number of hydrogen-bond acceptors (Lipinski definition) is 6. The molecule has 0 aromatic rings. The van der Waals surface area contributed by atoms with Gasteiger partial charge in [-0.3, -0.25) is 9.59 Å². The minimum absolute atomic E-state index is 0.0433. The first-order valence-electron chi connectivity index (χ1n) is 5.22. The van der Waals surface area contributed by atoms with Crippen molar-refractivity contribution < 1.29 is 9.59 Å². The average Bonchev–Trinajstić information content (AvgIpc) is 2.25. The maximum absolute atomic E-state index is 11.6. The summed E-state index contributed by atoms with van der Waals surface area (Å²) in [5, 5.41) is 5.89. The highest BCUT2D eigenvalue weighted by molar-refractivity contribution is 7.80. The van der Waals surface area contributed by atoms with E-state index in [0.29, 0.717) is 24.5 Å². The topological polar surface area (TPSA) is 58.2 Å². The summed E-state index contributed by atoms with van der Waals surface area (Å²) in [6.45, 7) is 2.01. The molecule has 4 nitrogen and oxygen atoms in total. The molecule has 0 saturated carbocycles. The van der Waals surface area contributed by atoms with Gasteiger partial charge in [0.25, 0.3) is 0 Å². The molecule has 2 atom stereocenters. The molecule has 0 aromatic carbocycles. The Hall–Kier alpha value is -0.0400. The van der Waals surface area contributed by atoms with Gasteiger partial charge in [-0.2, -0.15) is 25.3 Å². The molecule has 0 amide bonds. The predicted octanol–water partition coefficient (Wildman–Crippen LogP) is -0.0596. The maximum atomic E-state index is 11.6. The van der Waals surface area contributed by atoms with Crippen LogP contribution >= 0.6 is 25.3 Å². The first kappa shape index (κ1) is 16.0. The zero-order chi connectivity index (χ0) is 12.6. The number of Topliss-reactive ketones (excluding diaryl/α,β-unsaturated/α-hetero) is 2. The van der Waals surface area contributed by atoms with Crippen molar-refractivity contribution >= 4 is 36.8 Å². The fourth-order valence-corrected chi connectivity index (χ4v) is 2.01. The number of rotatable bonds is 9. The average molecular weight is 264 g/mol. The monoisotopic (exact) mass is 264 g/mol. The Balaban J connectivity index is 3.88. The van der Waals surface area contributed by atoms with Gasteiger partial charge in [0, 0.05) is 24.5 Å². The van der Waals surface area contributed by atoms with Gasteiger partial charge in [-0.05, 0) is 14.0 Å². The summed E-state index contributed by atoms with van der Waals surface area (Å²) in [7, 11) is 1.73. The Labute approximate surface area is 108 Å². The van der Waals surface area contributed by atoms with Crippen molar-refractivity contribution in [1.29, 1.82) is 0 Å². The summed E-state index contributed by atoms with van der Waals surface area (Å²) < 4.78 is 0. The number of hydrogen-bond donors (Lipinski definition) is 4. The minimum atomic E-state index is -0.264. The number of thiol groups is 2. The Kier molecular flexibility index (Phi) is 9.02. The number of carbonyl (C=O) groups excluding carboxylic acids is 2. The van der Waals surface area contributed by atoms with Crippen LogP contribution in [-0.4, -0.2) is 48.7 Å². The highest BCUT2D eigenvalue weighted by atomic mass is 32.1. The van der Waals surface area contributed by atoms with Crippen LogP contribution in [0, 0.1) is 0 Å². The van der Waals surface area contributed by atoms with Crippen LogP contribution in [0.4, 0.5) is 0 Å². The van der Waals surface area contributed by atoms with Gasteiger partial charge in [-0.15, -0.1) is 0 Å². The first-order chi connectivity index (χ1) is 7.56. The molecule has 0 bridgehead atoms. The van der Waals surface area contributed by atoms with Crippen molar-refractivity contribution in [2.45, 2.75) is 25.4 Å². The van der Waals surface area contributed by atoms with Crippen LogP contribution in [0.1, 0.15) is 13.3 Å². The van der Waals surface area contributed by atoms with E-state index in [-0.39, 0.29) is 23.7 Å². The zero-order valence-corrected chi connectivity index (χ0v) is 11.5. The standard InChI is InChI=1S/C10H20N2O2S2/c1-7(13)8(5-15)12-4-3-10(14)9(6-16)11-2/h8-9,11-12,15-16H,3-6H2,1-2H3/t8?,9-/m0/s1. The largest absolute Gasteiger partial charge is 0.310 e. The fraction of sp³-hybridized carbons (Fsp3) is 0.800. The second-order valence-electron chi connectivity index (χ2n) is 3.54. The van der Waals surface area contributed by atoms with Gasteiger partial charge < -0.3 is 10.6 Å². The van der Waals surface area contributed by atoms with Crippen molar-refractivity contribution in [3.05, 3.63) is 0 Å². The van der Waals surface area contributed by atoms with E-state index in [1.54, 1.807) is 7.05 Å². The smallest absolute Gasteiger partial charge is 0.151 e. The third-order valence-electron chi connectivity index (χ3n) is 2.36. The number of likely N-dealkylation sites (N-methyl/N-ethyl adjacent to an activating group) is 1. The molecule has 6 heteroatoms. The highest BCUT2D eigenvalue weighted by Crippen LogP contribution is 1.95. The molecule has 0 radical (unpaired) electrons. The minimum Gasteiger partial charge on any atom is -0.310 e. The van der Waals surface area contributed by atoms with Crippen LogP contribution in [0.3, 0.4) is 0 Å². The van der Waals surface area contributed by atoms with E-state index in [9.17, 15) is 9.59 Å². The van der Waals surface area contributed by atoms with Gasteiger partial charge in [-0.25, -0.2) is 0 Å². The van der Waals surface area contributed by atoms with Crippen molar-refractivity contribution in [3.63, 3.8) is 0 Å². The molecule has 16 heavy (non-hydrogen) atoms. The Morgan fingerprint density at radius 1 is 1.19 bits per heavy atom. The van der Waals surface area contributed by atoms with E-state index in [2.05, 4.69) is 35.9 Å². The van der Waals surface area contributed by atoms with Crippen LogP contribution in [0.2, 0.25) is 0 Å². The Bertz CT molecular complexity index is 233. The molecule has 0 rings (SSSR count). The first-order valence-corrected chi connectivity index (χ1v) is 6.48. The molecule has 1 unspecified atom stereocenters. The third-order valence-corrected chi connectivity index (χ3v) is 3.09. The van der Waals surface area contributed by atoms with Gasteiger partial charge in [0.1, 0.15) is 5.78 Å². The van der Waals surface area contributed by atoms with Gasteiger partial charge in [0.2, 0.25) is 0 Å². The number of nitrogens with one attached hydrogen (secondary N) is 2. The summed E-state index contributed by atoms with van der Waals surface area (Å²) >= 11 is 8.14. The molecule has 0 aliphatic carbocycles. The van der Waals surface area contributed by atoms with E-state index < -0.39 is 0 Å². The molecule has 0 heterocycles. The summed E-state index contributed by atoms with van der Waals surface area (Å²) in [5.74, 6) is 1.08. The molecule has 0 fully saturated rings. The third kappa shape index (κ3) is 5.89. The van der Waals surface area contributed by atoms with Crippen LogP contribution < -0.4 is 10.6 Å². The molecule has 94 valence electrons. The molecule has 0 saturated heterocycles. The fourth-order valence-electron chi connectivity index (χ4n) is 1.23. The van der Waals surface area contributed by atoms with Crippen LogP contribution in [0.25, 0.3) is 0 Å². The normalized spacial score (nSPS) is 14.5. The van der Waals surface area contributed by atoms with Crippen molar-refractivity contribution in [2.24, 2.45) is 0 Å². The second kappa shape index (κ2) is 9.04. The Morgan fingerprint density at radius 3 is 2.12 bits per heavy atom. The van der Waals surface area contributed by atoms with Gasteiger partial charge in [0.05, 0.1) is 12.1 Å². The molecule has 0 aromatic heterocycles. The van der Waals surface area contributed by atoms with Crippen molar-refractivity contribution in [2.75, 3.05) is 25.1 Å². The van der Waals surface area contributed by atoms with E-state index in [1.807, 2.05) is 0 Å². The second-order valence-corrected chi connectivity index (χ2v) is 4.27. The van der Waals surface area contributed by atoms with Crippen LogP contribution in [0.15, 0.2) is 0 Å². The van der Waals surface area contributed by atoms with Crippen LogP contribution in [0.5, 0.6) is 0 Å². The van der Waals surface area contributed by atoms with Gasteiger partial charge >= 0.3 is 0 Å². The van der Waals surface area contributed by atoms with Crippen LogP contribution in [-0.2, 0) is 9.59 Å². The lowest BCUT2D eigenvalue weighted by Gasteiger charge is -2.15. The quantitative estimate of drug-likeness (QED) is 0.441. The lowest BCUT2D eigenvalue weighted by molar-refractivity contribution is -0.121. The number of carbonyl (C=O) groups is 2. The molecular weight excluding hydrogens is 244 g/mol. The van der Waals surface area contributed by atoms with E-state index in [1.165, 1.54) is 6.92 Å². The lowest BCUT2D eigenvalue weighted by atomic mass is 10.1. The summed E-state index contributed by atoms with van der Waals surface area (Å²) in [4.78, 5) is 22.7. The Morgan fingerprint density at radius 2 is 1.75 bits per heavy atom. The van der Waals surface area contributed by atoms with Gasteiger partial charge in [0.15, 0.2) is 5.78 Å². The molecule has 0 aliphatic heterocycles. The van der Waals surface area contributed by atoms with Gasteiger partial charge in [-0.1, -0.05) is 0 Å². The summed E-state index contributed by atoms with van der Waals surface area (Å²) in [6.07, 6.45) is 0.392. The lowest BCUT2D eigenvalue weighted by Crippen LogP contribution is -2.41. The van der Waals surface area contributed by atoms with E-state index in [0.717, 1.165) is 0 Å². The molecule has 0 aliphatic rings. The van der Waals surface area contributed by atoms with E-state index in [4.69, 9.17) is 0 Å².